The van der Waals surface area contributed by atoms with Gasteiger partial charge in [-0.15, -0.1) is 0 Å². The smallest absolute Gasteiger partial charge is 0.229 e. The van der Waals surface area contributed by atoms with Crippen molar-refractivity contribution >= 4 is 23.4 Å². The molecule has 0 saturated heterocycles. The number of hydrogen-bond acceptors (Lipinski definition) is 6. The fourth-order valence-electron chi connectivity index (χ4n) is 5.65. The number of rotatable bonds is 1. The number of benzene rings is 1. The van der Waals surface area contributed by atoms with E-state index in [1.807, 2.05) is 12.1 Å². The Balaban J connectivity index is 1.56. The molecule has 2 saturated carbocycles. The Kier molecular flexibility index (Phi) is 4.38. The molecule has 2 aliphatic carbocycles. The average molecular weight is 396 g/mol. The number of nitrogens with one attached hydrogen (secondary N) is 2. The quantitative estimate of drug-likeness (QED) is 0.685. The van der Waals surface area contributed by atoms with Gasteiger partial charge in [0.25, 0.3) is 0 Å². The molecule has 6 bridgehead atoms. The van der Waals surface area contributed by atoms with Crippen molar-refractivity contribution in [2.75, 3.05) is 24.2 Å². The standard InChI is InChI=1S/C21H25FN6O/c1-28-9-11-3-2-4-14(5-11)25-21-24-8-16(22)20(27-21)26-18-15-7-12(6-13(15)10-28)17(18)19(23)29/h2-5,8,12-13,15,17-18H,6-7,9-10H2,1H3,(H2,23,29)(H2,24,25,26,27)/t12-,13-,15+,17-,18+/m0/s1. The molecule has 29 heavy (non-hydrogen) atoms. The number of aromatic nitrogens is 2. The van der Waals surface area contributed by atoms with Crippen molar-refractivity contribution in [1.29, 1.82) is 0 Å². The second-order valence-corrected chi connectivity index (χ2v) is 8.67. The van der Waals surface area contributed by atoms with E-state index in [1.165, 1.54) is 5.56 Å². The summed E-state index contributed by atoms with van der Waals surface area (Å²) >= 11 is 0. The van der Waals surface area contributed by atoms with E-state index in [0.717, 1.165) is 37.8 Å². The lowest BCUT2D eigenvalue weighted by molar-refractivity contribution is -0.123. The number of carbonyl (C=O) groups excluding carboxylic acids is 1. The van der Waals surface area contributed by atoms with Crippen LogP contribution in [0.3, 0.4) is 0 Å². The van der Waals surface area contributed by atoms with Gasteiger partial charge >= 0.3 is 0 Å². The molecular weight excluding hydrogens is 371 g/mol. The van der Waals surface area contributed by atoms with Crippen molar-refractivity contribution in [2.45, 2.75) is 25.4 Å². The summed E-state index contributed by atoms with van der Waals surface area (Å²) in [6.07, 6.45) is 3.09. The molecule has 3 aliphatic rings. The zero-order valence-corrected chi connectivity index (χ0v) is 16.3. The Labute approximate surface area is 168 Å². The molecule has 5 atom stereocenters. The van der Waals surface area contributed by atoms with Crippen LogP contribution in [-0.2, 0) is 11.3 Å². The van der Waals surface area contributed by atoms with Crippen LogP contribution < -0.4 is 16.4 Å². The molecule has 4 N–H and O–H groups in total. The molecule has 1 aliphatic heterocycles. The number of nitrogens with zero attached hydrogens (tertiary/aromatic N) is 3. The number of primary amides is 1. The lowest BCUT2D eigenvalue weighted by atomic mass is 9.77. The summed E-state index contributed by atoms with van der Waals surface area (Å²) < 4.78 is 14.5. The Morgan fingerprint density at radius 1 is 1.31 bits per heavy atom. The minimum absolute atomic E-state index is 0.117. The van der Waals surface area contributed by atoms with Gasteiger partial charge in [-0.05, 0) is 55.3 Å². The van der Waals surface area contributed by atoms with Crippen molar-refractivity contribution in [3.63, 3.8) is 0 Å². The van der Waals surface area contributed by atoms with Crippen molar-refractivity contribution in [2.24, 2.45) is 29.4 Å². The van der Waals surface area contributed by atoms with Crippen LogP contribution in [0.25, 0.3) is 0 Å². The van der Waals surface area contributed by atoms with Gasteiger partial charge in [-0.25, -0.2) is 9.37 Å². The van der Waals surface area contributed by atoms with Crippen LogP contribution in [0.2, 0.25) is 0 Å². The summed E-state index contributed by atoms with van der Waals surface area (Å²) in [6.45, 7) is 1.76. The van der Waals surface area contributed by atoms with E-state index in [0.29, 0.717) is 11.9 Å². The number of carbonyl (C=O) groups is 1. The van der Waals surface area contributed by atoms with Gasteiger partial charge in [-0.1, -0.05) is 12.1 Å². The Morgan fingerprint density at radius 3 is 3.00 bits per heavy atom. The van der Waals surface area contributed by atoms with E-state index in [-0.39, 0.29) is 35.5 Å². The van der Waals surface area contributed by atoms with E-state index in [1.54, 1.807) is 0 Å². The highest BCUT2D eigenvalue weighted by atomic mass is 19.1. The van der Waals surface area contributed by atoms with Crippen LogP contribution in [0.15, 0.2) is 30.5 Å². The lowest BCUT2D eigenvalue weighted by Gasteiger charge is -2.37. The van der Waals surface area contributed by atoms with Gasteiger partial charge in [-0.3, -0.25) is 4.79 Å². The number of hydrogen-bond donors (Lipinski definition) is 3. The van der Waals surface area contributed by atoms with Crippen molar-refractivity contribution in [3.8, 4) is 0 Å². The van der Waals surface area contributed by atoms with Gasteiger partial charge in [-0.2, -0.15) is 4.98 Å². The summed E-state index contributed by atoms with van der Waals surface area (Å²) in [6, 6.07) is 7.88. The molecule has 1 amide bonds. The predicted octanol–water partition coefficient (Wildman–Crippen LogP) is 2.34. The van der Waals surface area contributed by atoms with Crippen LogP contribution in [0.4, 0.5) is 21.8 Å². The van der Waals surface area contributed by atoms with E-state index in [9.17, 15) is 9.18 Å². The van der Waals surface area contributed by atoms with E-state index < -0.39 is 5.82 Å². The highest BCUT2D eigenvalue weighted by molar-refractivity contribution is 5.79. The van der Waals surface area contributed by atoms with E-state index in [2.05, 4.69) is 44.7 Å². The third kappa shape index (κ3) is 3.31. The Bertz CT molecular complexity index is 953. The molecule has 2 fully saturated rings. The molecule has 2 heterocycles. The summed E-state index contributed by atoms with van der Waals surface area (Å²) in [4.78, 5) is 22.9. The van der Waals surface area contributed by atoms with Gasteiger partial charge in [0.15, 0.2) is 11.6 Å². The second-order valence-electron chi connectivity index (χ2n) is 8.67. The van der Waals surface area contributed by atoms with Gasteiger partial charge in [0.05, 0.1) is 12.1 Å². The van der Waals surface area contributed by atoms with Crippen LogP contribution in [0, 0.1) is 29.5 Å². The maximum atomic E-state index is 14.5. The summed E-state index contributed by atoms with van der Waals surface area (Å²) in [5.41, 5.74) is 7.77. The molecule has 152 valence electrons. The largest absolute Gasteiger partial charge is 0.369 e. The monoisotopic (exact) mass is 396 g/mol. The molecule has 0 spiro atoms. The summed E-state index contributed by atoms with van der Waals surface area (Å²) in [5.74, 6) is 0.229. The van der Waals surface area contributed by atoms with E-state index >= 15 is 0 Å². The number of fused-ring (bicyclic) bond motifs is 5. The maximum Gasteiger partial charge on any atom is 0.229 e. The highest BCUT2D eigenvalue weighted by Gasteiger charge is 2.55. The normalized spacial score (nSPS) is 30.9. The Hall–Kier alpha value is -2.74. The first kappa shape index (κ1) is 18.3. The topological polar surface area (TPSA) is 96.2 Å². The Morgan fingerprint density at radius 2 is 2.17 bits per heavy atom. The molecule has 5 rings (SSSR count). The average Bonchev–Trinajstić information content (AvgIpc) is 3.21. The van der Waals surface area contributed by atoms with Gasteiger partial charge in [0, 0.05) is 24.8 Å². The molecule has 7 nitrogen and oxygen atoms in total. The number of amides is 1. The third-order valence-corrected chi connectivity index (χ3v) is 6.70. The highest BCUT2D eigenvalue weighted by Crippen LogP contribution is 2.53. The fourth-order valence-corrected chi connectivity index (χ4v) is 5.65. The SMILES string of the molecule is CN1Cc2cccc(c2)Nc2ncc(F)c(n2)N[C@@H]2[C@@H]3C[C@H](C[C@H]3C1)[C@@H]2C(N)=O. The first-order valence-electron chi connectivity index (χ1n) is 10.1. The molecule has 1 aromatic heterocycles. The van der Waals surface area contributed by atoms with Gasteiger partial charge in [0.2, 0.25) is 11.9 Å². The number of halogens is 1. The van der Waals surface area contributed by atoms with Crippen LogP contribution >= 0.6 is 0 Å². The van der Waals surface area contributed by atoms with Gasteiger partial charge in [0.1, 0.15) is 0 Å². The maximum absolute atomic E-state index is 14.5. The van der Waals surface area contributed by atoms with Crippen molar-refractivity contribution < 1.29 is 9.18 Å². The summed E-state index contributed by atoms with van der Waals surface area (Å²) in [5, 5.41) is 6.38. The van der Waals surface area contributed by atoms with Gasteiger partial charge < -0.3 is 21.3 Å². The fraction of sp³-hybridized carbons (Fsp3) is 0.476. The molecule has 2 aromatic rings. The predicted molar refractivity (Wildman–Crippen MR) is 108 cm³/mol. The van der Waals surface area contributed by atoms with Crippen molar-refractivity contribution in [1.82, 2.24) is 14.9 Å². The first-order valence-corrected chi connectivity index (χ1v) is 10.1. The van der Waals surface area contributed by atoms with Crippen molar-refractivity contribution in [3.05, 3.63) is 41.8 Å². The zero-order chi connectivity index (χ0) is 20.1. The minimum Gasteiger partial charge on any atom is -0.369 e. The second kappa shape index (κ2) is 6.95. The minimum atomic E-state index is -0.531. The zero-order valence-electron chi connectivity index (χ0n) is 16.3. The van der Waals surface area contributed by atoms with Crippen LogP contribution in [-0.4, -0.2) is 40.4 Å². The molecule has 8 heteroatoms. The molecule has 0 radical (unpaired) electrons. The molecule has 0 unspecified atom stereocenters. The van der Waals surface area contributed by atoms with Crippen LogP contribution in [0.5, 0.6) is 0 Å². The molecular formula is C21H25FN6O. The summed E-state index contributed by atoms with van der Waals surface area (Å²) in [7, 11) is 2.12. The third-order valence-electron chi connectivity index (χ3n) is 6.70. The first-order chi connectivity index (χ1) is 14.0. The van der Waals surface area contributed by atoms with Crippen LogP contribution in [0.1, 0.15) is 18.4 Å². The number of anilines is 3. The lowest BCUT2D eigenvalue weighted by Crippen LogP contribution is -2.47. The van der Waals surface area contributed by atoms with E-state index in [4.69, 9.17) is 5.73 Å². The molecule has 1 aromatic carbocycles. The number of nitrogens with two attached hydrogens (primary N) is 1.